The predicted octanol–water partition coefficient (Wildman–Crippen LogP) is 2.90. The Morgan fingerprint density at radius 3 is 2.62 bits per heavy atom. The topological polar surface area (TPSA) is 144 Å². The Labute approximate surface area is 232 Å². The number of rotatable bonds is 8. The van der Waals surface area contributed by atoms with Gasteiger partial charge >= 0.3 is 0 Å². The van der Waals surface area contributed by atoms with Crippen molar-refractivity contribution in [2.24, 2.45) is 11.8 Å². The fraction of sp³-hybridized carbons (Fsp3) is 0.464. The number of thiazole rings is 1. The number of piperidine rings is 2. The molecule has 0 bridgehead atoms. The average molecular weight is 547 g/mol. The lowest BCUT2D eigenvalue weighted by atomic mass is 9.96. The van der Waals surface area contributed by atoms with Crippen LogP contribution in [-0.4, -0.2) is 70.2 Å². The Hall–Kier alpha value is -3.59. The van der Waals surface area contributed by atoms with Crippen LogP contribution < -0.4 is 16.0 Å². The van der Waals surface area contributed by atoms with E-state index < -0.39 is 0 Å². The first-order chi connectivity index (χ1) is 19.0. The van der Waals surface area contributed by atoms with Crippen LogP contribution in [0.2, 0.25) is 0 Å². The molecule has 2 fully saturated rings. The highest BCUT2D eigenvalue weighted by atomic mass is 32.1. The SMILES string of the molecule is N#Cc1c(N)cc(C(=O)NCC2CCN(Cc3cnc(-c4ccccn4)s3)CC2)nc1N1CCC(CO)CC1. The van der Waals surface area contributed by atoms with Crippen LogP contribution in [0, 0.1) is 23.2 Å². The summed E-state index contributed by atoms with van der Waals surface area (Å²) in [6.45, 7) is 4.88. The summed E-state index contributed by atoms with van der Waals surface area (Å²) in [6, 6.07) is 9.50. The summed E-state index contributed by atoms with van der Waals surface area (Å²) in [4.78, 5) is 32.2. The van der Waals surface area contributed by atoms with Gasteiger partial charge in [-0.2, -0.15) is 5.26 Å². The summed E-state index contributed by atoms with van der Waals surface area (Å²) in [6.07, 6.45) is 7.35. The molecular weight excluding hydrogens is 512 g/mol. The molecule has 0 aromatic carbocycles. The van der Waals surface area contributed by atoms with Crippen molar-refractivity contribution in [1.82, 2.24) is 25.2 Å². The van der Waals surface area contributed by atoms with Crippen molar-refractivity contribution in [1.29, 1.82) is 5.26 Å². The van der Waals surface area contributed by atoms with Gasteiger partial charge < -0.3 is 21.1 Å². The summed E-state index contributed by atoms with van der Waals surface area (Å²) in [7, 11) is 0. The largest absolute Gasteiger partial charge is 0.397 e. The number of aliphatic hydroxyl groups is 1. The van der Waals surface area contributed by atoms with Crippen molar-refractivity contribution in [3.8, 4) is 16.8 Å². The first-order valence-electron chi connectivity index (χ1n) is 13.5. The third kappa shape index (κ3) is 6.53. The number of nitriles is 1. The normalized spacial score (nSPS) is 17.2. The van der Waals surface area contributed by atoms with E-state index in [1.807, 2.05) is 29.3 Å². The number of amides is 1. The van der Waals surface area contributed by atoms with Crippen molar-refractivity contribution >= 4 is 28.7 Å². The van der Waals surface area contributed by atoms with Crippen LogP contribution in [0.3, 0.4) is 0 Å². The van der Waals surface area contributed by atoms with Crippen LogP contribution in [0.25, 0.3) is 10.7 Å². The number of hydrogen-bond acceptors (Lipinski definition) is 10. The van der Waals surface area contributed by atoms with Gasteiger partial charge in [0.15, 0.2) is 0 Å². The van der Waals surface area contributed by atoms with E-state index in [9.17, 15) is 15.2 Å². The third-order valence-electron chi connectivity index (χ3n) is 7.62. The van der Waals surface area contributed by atoms with Crippen molar-refractivity contribution in [3.05, 3.63) is 52.8 Å². The maximum atomic E-state index is 13.0. The molecule has 204 valence electrons. The van der Waals surface area contributed by atoms with Crippen LogP contribution >= 0.6 is 11.3 Å². The summed E-state index contributed by atoms with van der Waals surface area (Å²) < 4.78 is 0. The Morgan fingerprint density at radius 2 is 1.92 bits per heavy atom. The smallest absolute Gasteiger partial charge is 0.270 e. The van der Waals surface area contributed by atoms with E-state index in [0.717, 1.165) is 56.0 Å². The Kier molecular flexibility index (Phi) is 8.66. The van der Waals surface area contributed by atoms with Gasteiger partial charge in [0, 0.05) is 50.1 Å². The van der Waals surface area contributed by atoms with Crippen molar-refractivity contribution in [3.63, 3.8) is 0 Å². The number of nitrogens with two attached hydrogens (primary N) is 1. The number of hydrogen-bond donors (Lipinski definition) is 3. The van der Waals surface area contributed by atoms with Gasteiger partial charge in [-0.3, -0.25) is 14.7 Å². The zero-order valence-electron chi connectivity index (χ0n) is 21.9. The van der Waals surface area contributed by atoms with Crippen LogP contribution in [0.1, 0.15) is 46.6 Å². The zero-order chi connectivity index (χ0) is 27.2. The summed E-state index contributed by atoms with van der Waals surface area (Å²) in [5, 5.41) is 23.1. The lowest BCUT2D eigenvalue weighted by molar-refractivity contribution is 0.0930. The summed E-state index contributed by atoms with van der Waals surface area (Å²) in [5.74, 6) is 0.838. The van der Waals surface area contributed by atoms with Gasteiger partial charge in [0.25, 0.3) is 5.91 Å². The summed E-state index contributed by atoms with van der Waals surface area (Å²) in [5.41, 5.74) is 7.86. The molecule has 10 nitrogen and oxygen atoms in total. The second-order valence-electron chi connectivity index (χ2n) is 10.3. The average Bonchev–Trinajstić information content (AvgIpc) is 3.45. The zero-order valence-corrected chi connectivity index (χ0v) is 22.7. The van der Waals surface area contributed by atoms with Gasteiger partial charge in [-0.25, -0.2) is 9.97 Å². The number of pyridine rings is 2. The van der Waals surface area contributed by atoms with Crippen molar-refractivity contribution in [2.75, 3.05) is 50.0 Å². The van der Waals surface area contributed by atoms with Gasteiger partial charge in [-0.1, -0.05) is 6.07 Å². The molecule has 5 heterocycles. The number of carbonyl (C=O) groups excluding carboxylic acids is 1. The molecule has 0 saturated carbocycles. The molecular formula is C28H34N8O2S. The van der Waals surface area contributed by atoms with Crippen LogP contribution in [0.4, 0.5) is 11.5 Å². The fourth-order valence-electron chi connectivity index (χ4n) is 5.22. The molecule has 1 amide bonds. The highest BCUT2D eigenvalue weighted by molar-refractivity contribution is 7.14. The molecule has 0 spiro atoms. The molecule has 39 heavy (non-hydrogen) atoms. The third-order valence-corrected chi connectivity index (χ3v) is 8.63. The standard InChI is InChI=1S/C28H34N8O2S/c29-14-22-23(30)13-25(34-26(22)36-11-6-20(18-37)7-12-36)27(38)32-15-19-4-9-35(10-5-19)17-21-16-33-28(39-21)24-3-1-2-8-31-24/h1-3,8,13,16,19-20,37H,4-7,9-12,15,17-18H2,(H2,30,34)(H,32,38). The van der Waals surface area contributed by atoms with E-state index in [0.29, 0.717) is 36.9 Å². The van der Waals surface area contributed by atoms with E-state index in [2.05, 4.69) is 31.2 Å². The molecule has 0 atom stereocenters. The molecule has 11 heteroatoms. The lowest BCUT2D eigenvalue weighted by Gasteiger charge is -2.33. The number of likely N-dealkylation sites (tertiary alicyclic amines) is 1. The molecule has 0 unspecified atom stereocenters. The molecule has 3 aromatic rings. The number of nitrogens with zero attached hydrogens (tertiary/aromatic N) is 6. The minimum absolute atomic E-state index is 0.161. The summed E-state index contributed by atoms with van der Waals surface area (Å²) >= 11 is 1.68. The van der Waals surface area contributed by atoms with Gasteiger partial charge in [0.05, 0.1) is 11.4 Å². The number of nitrogens with one attached hydrogen (secondary N) is 1. The van der Waals surface area contributed by atoms with Crippen LogP contribution in [0.15, 0.2) is 36.7 Å². The van der Waals surface area contributed by atoms with E-state index in [4.69, 9.17) is 5.73 Å². The molecule has 3 aromatic heterocycles. The van der Waals surface area contributed by atoms with Crippen molar-refractivity contribution < 1.29 is 9.90 Å². The molecule has 2 aliphatic heterocycles. The number of nitrogen functional groups attached to an aromatic ring is 1. The van der Waals surface area contributed by atoms with E-state index in [1.165, 1.54) is 10.9 Å². The quantitative estimate of drug-likeness (QED) is 0.388. The Balaban J connectivity index is 1.12. The molecule has 2 aliphatic rings. The van der Waals surface area contributed by atoms with Gasteiger partial charge in [0.2, 0.25) is 0 Å². The molecule has 2 saturated heterocycles. The Morgan fingerprint density at radius 1 is 1.15 bits per heavy atom. The van der Waals surface area contributed by atoms with Crippen LogP contribution in [0.5, 0.6) is 0 Å². The van der Waals surface area contributed by atoms with Crippen LogP contribution in [-0.2, 0) is 6.54 Å². The first kappa shape index (κ1) is 27.0. The predicted molar refractivity (Wildman–Crippen MR) is 151 cm³/mol. The van der Waals surface area contributed by atoms with Gasteiger partial charge in [0.1, 0.15) is 28.2 Å². The number of carbonyl (C=O) groups is 1. The van der Waals surface area contributed by atoms with Gasteiger partial charge in [-0.15, -0.1) is 11.3 Å². The number of aromatic nitrogens is 3. The van der Waals surface area contributed by atoms with E-state index in [1.54, 1.807) is 17.5 Å². The van der Waals surface area contributed by atoms with E-state index >= 15 is 0 Å². The maximum Gasteiger partial charge on any atom is 0.270 e. The molecule has 0 radical (unpaired) electrons. The maximum absolute atomic E-state index is 13.0. The number of aliphatic hydroxyl groups excluding tert-OH is 1. The van der Waals surface area contributed by atoms with Gasteiger partial charge in [-0.05, 0) is 68.8 Å². The Bertz CT molecular complexity index is 1310. The molecule has 4 N–H and O–H groups in total. The molecule has 5 rings (SSSR count). The molecule has 0 aliphatic carbocycles. The lowest BCUT2D eigenvalue weighted by Crippen LogP contribution is -2.39. The second-order valence-corrected chi connectivity index (χ2v) is 11.4. The van der Waals surface area contributed by atoms with E-state index in [-0.39, 0.29) is 29.8 Å². The number of anilines is 2. The minimum Gasteiger partial charge on any atom is -0.397 e. The highest BCUT2D eigenvalue weighted by Gasteiger charge is 2.25. The minimum atomic E-state index is -0.271. The van der Waals surface area contributed by atoms with Crippen molar-refractivity contribution in [2.45, 2.75) is 32.2 Å². The highest BCUT2D eigenvalue weighted by Crippen LogP contribution is 2.29. The first-order valence-corrected chi connectivity index (χ1v) is 14.3. The fourth-order valence-corrected chi connectivity index (χ4v) is 6.15. The second kappa shape index (κ2) is 12.5. The monoisotopic (exact) mass is 546 g/mol.